The summed E-state index contributed by atoms with van der Waals surface area (Å²) >= 11 is 0. The molecule has 3 heterocycles. The van der Waals surface area contributed by atoms with Crippen LogP contribution in [0.1, 0.15) is 30.7 Å². The Morgan fingerprint density at radius 1 is 1.07 bits per heavy atom. The van der Waals surface area contributed by atoms with Gasteiger partial charge in [-0.3, -0.25) is 9.59 Å². The second-order valence-corrected chi connectivity index (χ2v) is 7.61. The molecule has 3 aliphatic rings. The van der Waals surface area contributed by atoms with E-state index in [-0.39, 0.29) is 30.1 Å². The summed E-state index contributed by atoms with van der Waals surface area (Å²) in [6.45, 7) is 6.26. The van der Waals surface area contributed by atoms with E-state index in [1.54, 1.807) is 0 Å². The zero-order valence-electron chi connectivity index (χ0n) is 15.7. The van der Waals surface area contributed by atoms with Crippen LogP contribution in [0.2, 0.25) is 0 Å². The molecule has 2 amide bonds. The van der Waals surface area contributed by atoms with Crippen molar-refractivity contribution >= 4 is 29.9 Å². The summed E-state index contributed by atoms with van der Waals surface area (Å²) in [5.41, 5.74) is 2.14. The Kier molecular flexibility index (Phi) is 6.73. The van der Waals surface area contributed by atoms with Crippen molar-refractivity contribution in [2.24, 2.45) is 5.92 Å². The minimum Gasteiger partial charge on any atom is -0.340 e. The number of amides is 2. The van der Waals surface area contributed by atoms with Crippen LogP contribution in [0.25, 0.3) is 0 Å². The second-order valence-electron chi connectivity index (χ2n) is 7.61. The number of hydrogen-bond donors (Lipinski definition) is 2. The quantitative estimate of drug-likeness (QED) is 0.818. The van der Waals surface area contributed by atoms with Crippen molar-refractivity contribution in [3.05, 3.63) is 29.8 Å². The first-order valence-corrected chi connectivity index (χ1v) is 9.83. The number of carbonyl (C=O) groups is 2. The number of nitrogens with zero attached hydrogens (tertiary/aromatic N) is 2. The van der Waals surface area contributed by atoms with Crippen molar-refractivity contribution in [3.63, 3.8) is 0 Å². The van der Waals surface area contributed by atoms with Crippen molar-refractivity contribution < 1.29 is 9.59 Å². The van der Waals surface area contributed by atoms with Crippen molar-refractivity contribution in [1.82, 2.24) is 15.1 Å². The molecule has 148 valence electrons. The molecule has 1 aromatic rings. The van der Waals surface area contributed by atoms with E-state index in [0.717, 1.165) is 69.9 Å². The van der Waals surface area contributed by atoms with Crippen LogP contribution in [0.3, 0.4) is 0 Å². The number of benzene rings is 1. The first-order valence-electron chi connectivity index (χ1n) is 9.83. The summed E-state index contributed by atoms with van der Waals surface area (Å²) < 4.78 is 0. The van der Waals surface area contributed by atoms with Crippen LogP contribution >= 0.6 is 12.4 Å². The Labute approximate surface area is 167 Å². The molecule has 1 unspecified atom stereocenters. The van der Waals surface area contributed by atoms with E-state index in [1.807, 2.05) is 23.1 Å². The molecule has 0 aliphatic carbocycles. The van der Waals surface area contributed by atoms with E-state index >= 15 is 0 Å². The first-order chi connectivity index (χ1) is 12.7. The van der Waals surface area contributed by atoms with Gasteiger partial charge in [0.1, 0.15) is 0 Å². The van der Waals surface area contributed by atoms with Crippen LogP contribution in [-0.4, -0.2) is 67.4 Å². The van der Waals surface area contributed by atoms with Crippen LogP contribution in [0.4, 0.5) is 5.69 Å². The molecule has 0 spiro atoms. The number of fused-ring (bicyclic) bond motifs is 1. The number of hydrogen-bond acceptors (Lipinski definition) is 4. The van der Waals surface area contributed by atoms with E-state index in [1.165, 1.54) is 0 Å². The van der Waals surface area contributed by atoms with Gasteiger partial charge in [-0.15, -0.1) is 12.4 Å². The van der Waals surface area contributed by atoms with Crippen LogP contribution in [0.15, 0.2) is 24.3 Å². The predicted molar refractivity (Wildman–Crippen MR) is 108 cm³/mol. The van der Waals surface area contributed by atoms with Gasteiger partial charge < -0.3 is 20.4 Å². The molecule has 1 atom stereocenters. The Balaban J connectivity index is 0.00000210. The van der Waals surface area contributed by atoms with Crippen LogP contribution in [0.5, 0.6) is 0 Å². The lowest BCUT2D eigenvalue weighted by Gasteiger charge is -2.34. The molecule has 0 bridgehead atoms. The minimum absolute atomic E-state index is 0. The highest BCUT2D eigenvalue weighted by Crippen LogP contribution is 2.41. The monoisotopic (exact) mass is 392 g/mol. The molecule has 2 fully saturated rings. The van der Waals surface area contributed by atoms with Gasteiger partial charge in [-0.1, -0.05) is 18.2 Å². The normalized spacial score (nSPS) is 23.5. The van der Waals surface area contributed by atoms with Crippen molar-refractivity contribution in [1.29, 1.82) is 0 Å². The Bertz CT molecular complexity index is 670. The Hall–Kier alpha value is -1.63. The van der Waals surface area contributed by atoms with Crippen molar-refractivity contribution in [3.8, 4) is 0 Å². The number of likely N-dealkylation sites (tertiary alicyclic amines) is 1. The van der Waals surface area contributed by atoms with Gasteiger partial charge in [-0.05, 0) is 43.5 Å². The van der Waals surface area contributed by atoms with E-state index in [4.69, 9.17) is 0 Å². The maximum absolute atomic E-state index is 12.4. The third-order valence-corrected chi connectivity index (χ3v) is 6.05. The maximum Gasteiger partial charge on any atom is 0.232 e. The minimum atomic E-state index is -0.00386. The molecule has 0 saturated carbocycles. The zero-order valence-corrected chi connectivity index (χ0v) is 16.5. The van der Waals surface area contributed by atoms with E-state index in [9.17, 15) is 9.59 Å². The lowest BCUT2D eigenvalue weighted by atomic mass is 9.81. The number of nitrogens with one attached hydrogen (secondary N) is 2. The van der Waals surface area contributed by atoms with Crippen molar-refractivity contribution in [2.75, 3.05) is 51.1 Å². The number of piperidine rings is 1. The molecule has 2 N–H and O–H groups in total. The highest BCUT2D eigenvalue weighted by atomic mass is 35.5. The molecule has 2 saturated heterocycles. The third-order valence-electron chi connectivity index (χ3n) is 6.05. The molecule has 6 nitrogen and oxygen atoms in total. The second kappa shape index (κ2) is 9.04. The lowest BCUT2D eigenvalue weighted by Crippen LogP contribution is -2.47. The van der Waals surface area contributed by atoms with Gasteiger partial charge in [0.2, 0.25) is 11.8 Å². The summed E-state index contributed by atoms with van der Waals surface area (Å²) in [5.74, 6) is 0.825. The van der Waals surface area contributed by atoms with Crippen LogP contribution in [-0.2, 0) is 9.59 Å². The summed E-state index contributed by atoms with van der Waals surface area (Å²) in [7, 11) is 0. The number of rotatable bonds is 4. The van der Waals surface area contributed by atoms with Crippen LogP contribution < -0.4 is 10.6 Å². The average Bonchev–Trinajstić information content (AvgIpc) is 3.03. The molecular formula is C20H29ClN4O2. The fraction of sp³-hybridized carbons (Fsp3) is 0.600. The zero-order chi connectivity index (χ0) is 17.9. The molecular weight excluding hydrogens is 364 g/mol. The van der Waals surface area contributed by atoms with Crippen molar-refractivity contribution in [2.45, 2.75) is 25.2 Å². The highest BCUT2D eigenvalue weighted by molar-refractivity contribution is 6.03. The summed E-state index contributed by atoms with van der Waals surface area (Å²) in [4.78, 5) is 29.1. The van der Waals surface area contributed by atoms with Gasteiger partial charge in [0.15, 0.2) is 0 Å². The summed E-state index contributed by atoms with van der Waals surface area (Å²) in [5, 5.41) is 6.30. The smallest absolute Gasteiger partial charge is 0.232 e. The molecule has 0 radical (unpaired) electrons. The molecule has 27 heavy (non-hydrogen) atoms. The van der Waals surface area contributed by atoms with E-state index < -0.39 is 0 Å². The van der Waals surface area contributed by atoms with Gasteiger partial charge in [-0.2, -0.15) is 0 Å². The predicted octanol–water partition coefficient (Wildman–Crippen LogP) is 1.68. The first kappa shape index (κ1) is 20.1. The standard InChI is InChI=1S/C20H28N4O2.ClH/c25-18(24-13-8-21-9-14-24)7-12-23-10-5-15(6-11-23)19-16-3-1-2-4-17(16)22-20(19)26;/h1-4,15,19,21H,5-14H2,(H,22,26);1H. The number of para-hydroxylation sites is 1. The maximum atomic E-state index is 12.4. The molecule has 3 aliphatic heterocycles. The topological polar surface area (TPSA) is 64.7 Å². The number of anilines is 1. The summed E-state index contributed by atoms with van der Waals surface area (Å²) in [6, 6.07) is 8.06. The average molecular weight is 393 g/mol. The molecule has 1 aromatic carbocycles. The molecule has 4 rings (SSSR count). The Morgan fingerprint density at radius 3 is 2.52 bits per heavy atom. The third kappa shape index (κ3) is 4.45. The lowest BCUT2D eigenvalue weighted by molar-refractivity contribution is -0.132. The number of halogens is 1. The van der Waals surface area contributed by atoms with Gasteiger partial charge in [0.05, 0.1) is 5.92 Å². The van der Waals surface area contributed by atoms with Gasteiger partial charge >= 0.3 is 0 Å². The number of carbonyl (C=O) groups excluding carboxylic acids is 2. The van der Waals surface area contributed by atoms with Gasteiger partial charge in [0, 0.05) is 44.8 Å². The SMILES string of the molecule is Cl.O=C1Nc2ccccc2C1C1CCN(CCC(=O)N2CCNCC2)CC1. The number of piperazine rings is 1. The largest absolute Gasteiger partial charge is 0.340 e. The van der Waals surface area contributed by atoms with Crippen LogP contribution in [0, 0.1) is 5.92 Å². The Morgan fingerprint density at radius 2 is 1.78 bits per heavy atom. The summed E-state index contributed by atoms with van der Waals surface area (Å²) in [6.07, 6.45) is 2.65. The van der Waals surface area contributed by atoms with E-state index in [0.29, 0.717) is 12.3 Å². The molecule has 7 heteroatoms. The molecule has 0 aromatic heterocycles. The van der Waals surface area contributed by atoms with E-state index in [2.05, 4.69) is 21.6 Å². The van der Waals surface area contributed by atoms with Gasteiger partial charge in [-0.25, -0.2) is 0 Å². The fourth-order valence-electron chi connectivity index (χ4n) is 4.54. The van der Waals surface area contributed by atoms with Gasteiger partial charge in [0.25, 0.3) is 0 Å². The fourth-order valence-corrected chi connectivity index (χ4v) is 4.54. The highest BCUT2D eigenvalue weighted by Gasteiger charge is 2.38.